The summed E-state index contributed by atoms with van der Waals surface area (Å²) in [5.41, 5.74) is 5.69. The number of nitrogens with zero attached hydrogens (tertiary/aromatic N) is 2. The Morgan fingerprint density at radius 2 is 1.76 bits per heavy atom. The van der Waals surface area contributed by atoms with Crippen molar-refractivity contribution >= 4 is 27.7 Å². The van der Waals surface area contributed by atoms with E-state index in [1.165, 1.54) is 12.0 Å². The van der Waals surface area contributed by atoms with E-state index in [0.29, 0.717) is 11.5 Å². The fraction of sp³-hybridized carbons (Fsp3) is 0.222. The lowest BCUT2D eigenvalue weighted by atomic mass is 9.80. The summed E-state index contributed by atoms with van der Waals surface area (Å²) in [6.45, 7) is 0. The summed E-state index contributed by atoms with van der Waals surface area (Å²) in [6, 6.07) is 22.6. The predicted molar refractivity (Wildman–Crippen MR) is 130 cm³/mol. The summed E-state index contributed by atoms with van der Waals surface area (Å²) in [5.74, 6) is 0.334. The molecule has 2 heterocycles. The Morgan fingerprint density at radius 1 is 0.909 bits per heavy atom. The minimum absolute atomic E-state index is 0.0258. The molecule has 0 spiro atoms. The molecule has 1 aliphatic carbocycles. The molecular formula is C27H25N5O. The van der Waals surface area contributed by atoms with E-state index in [9.17, 15) is 4.79 Å². The number of carbonyl (C=O) groups excluding carboxylic acids is 1. The maximum absolute atomic E-state index is 13.3. The Kier molecular flexibility index (Phi) is 4.91. The van der Waals surface area contributed by atoms with Crippen molar-refractivity contribution in [3.05, 3.63) is 84.1 Å². The van der Waals surface area contributed by atoms with Crippen LogP contribution in [0.2, 0.25) is 0 Å². The smallest absolute Gasteiger partial charge is 0.251 e. The van der Waals surface area contributed by atoms with Crippen molar-refractivity contribution < 1.29 is 4.79 Å². The highest BCUT2D eigenvalue weighted by molar-refractivity contribution is 6.02. The molecule has 33 heavy (non-hydrogen) atoms. The summed E-state index contributed by atoms with van der Waals surface area (Å²) in [5, 5.41) is 20.0. The van der Waals surface area contributed by atoms with E-state index in [1.54, 1.807) is 6.20 Å². The molecule has 1 amide bonds. The first-order valence-corrected chi connectivity index (χ1v) is 11.5. The van der Waals surface area contributed by atoms with Crippen LogP contribution in [0.1, 0.15) is 47.5 Å². The third-order valence-electron chi connectivity index (χ3n) is 6.85. The first-order valence-electron chi connectivity index (χ1n) is 11.5. The summed E-state index contributed by atoms with van der Waals surface area (Å²) >= 11 is 0. The lowest BCUT2D eigenvalue weighted by Crippen LogP contribution is -2.41. The molecule has 0 radical (unpaired) electrons. The van der Waals surface area contributed by atoms with Gasteiger partial charge in [0.15, 0.2) is 0 Å². The molecule has 1 fully saturated rings. The summed E-state index contributed by atoms with van der Waals surface area (Å²) in [6.07, 6.45) is 6.28. The predicted octanol–water partition coefficient (Wildman–Crippen LogP) is 5.56. The molecule has 2 aromatic heterocycles. The number of aromatic nitrogens is 4. The van der Waals surface area contributed by atoms with Crippen LogP contribution >= 0.6 is 0 Å². The standard InChI is InChI=1S/C27H25N5O/c33-27(29-24-9-5-4-8-21(24)17-6-2-1-3-7-17)19-11-13-25-22(15-19)26(32-31-25)18-10-12-23-20(14-18)16-28-30-23/h1-3,6-7,10-16,21,24H,4-5,8-9H2,(H,28,30)(H,29,33)(H,31,32)/t21-,24+/m0/s1. The van der Waals surface area contributed by atoms with E-state index in [2.05, 4.69) is 56.0 Å². The van der Waals surface area contributed by atoms with Gasteiger partial charge in [-0.3, -0.25) is 15.0 Å². The van der Waals surface area contributed by atoms with Crippen LogP contribution in [-0.4, -0.2) is 32.3 Å². The molecule has 3 N–H and O–H groups in total. The van der Waals surface area contributed by atoms with Gasteiger partial charge in [0.2, 0.25) is 0 Å². The summed E-state index contributed by atoms with van der Waals surface area (Å²) in [7, 11) is 0. The van der Waals surface area contributed by atoms with Gasteiger partial charge in [-0.05, 0) is 48.7 Å². The van der Waals surface area contributed by atoms with Crippen molar-refractivity contribution in [2.75, 3.05) is 0 Å². The van der Waals surface area contributed by atoms with Crippen molar-refractivity contribution in [1.82, 2.24) is 25.7 Å². The fourth-order valence-electron chi connectivity index (χ4n) is 5.12. The third-order valence-corrected chi connectivity index (χ3v) is 6.85. The second-order valence-corrected chi connectivity index (χ2v) is 8.89. The first kappa shape index (κ1) is 19.7. The molecule has 6 nitrogen and oxygen atoms in total. The zero-order chi connectivity index (χ0) is 22.2. The van der Waals surface area contributed by atoms with Gasteiger partial charge in [-0.1, -0.05) is 49.2 Å². The number of amides is 1. The van der Waals surface area contributed by atoms with Crippen LogP contribution in [-0.2, 0) is 0 Å². The van der Waals surface area contributed by atoms with Gasteiger partial charge in [-0.15, -0.1) is 0 Å². The highest BCUT2D eigenvalue weighted by Crippen LogP contribution is 2.34. The largest absolute Gasteiger partial charge is 0.349 e. The van der Waals surface area contributed by atoms with E-state index >= 15 is 0 Å². The molecule has 1 saturated carbocycles. The monoisotopic (exact) mass is 435 g/mol. The van der Waals surface area contributed by atoms with E-state index < -0.39 is 0 Å². The molecule has 0 unspecified atom stereocenters. The van der Waals surface area contributed by atoms with E-state index in [0.717, 1.165) is 52.3 Å². The maximum atomic E-state index is 13.3. The van der Waals surface area contributed by atoms with Crippen molar-refractivity contribution in [2.24, 2.45) is 0 Å². The molecular weight excluding hydrogens is 410 g/mol. The first-order chi connectivity index (χ1) is 16.3. The van der Waals surface area contributed by atoms with Gasteiger partial charge in [0.05, 0.1) is 22.9 Å². The van der Waals surface area contributed by atoms with E-state index in [4.69, 9.17) is 0 Å². The van der Waals surface area contributed by atoms with Gasteiger partial charge >= 0.3 is 0 Å². The Balaban J connectivity index is 1.30. The second kappa shape index (κ2) is 8.20. The molecule has 164 valence electrons. The minimum Gasteiger partial charge on any atom is -0.349 e. The second-order valence-electron chi connectivity index (χ2n) is 8.89. The number of benzene rings is 3. The zero-order valence-electron chi connectivity index (χ0n) is 18.2. The molecule has 0 aliphatic heterocycles. The Bertz CT molecular complexity index is 1440. The van der Waals surface area contributed by atoms with Crippen molar-refractivity contribution in [1.29, 1.82) is 0 Å². The van der Waals surface area contributed by atoms with Crippen LogP contribution < -0.4 is 5.32 Å². The van der Waals surface area contributed by atoms with Crippen LogP contribution in [0.4, 0.5) is 0 Å². The topological polar surface area (TPSA) is 86.5 Å². The molecule has 0 saturated heterocycles. The highest BCUT2D eigenvalue weighted by Gasteiger charge is 2.28. The Labute approximate surface area is 191 Å². The number of carbonyl (C=O) groups is 1. The number of hydrogen-bond acceptors (Lipinski definition) is 3. The normalized spacial score (nSPS) is 18.5. The summed E-state index contributed by atoms with van der Waals surface area (Å²) < 4.78 is 0. The Morgan fingerprint density at radius 3 is 2.67 bits per heavy atom. The van der Waals surface area contributed by atoms with Gasteiger partial charge in [-0.2, -0.15) is 10.2 Å². The molecule has 3 aromatic carbocycles. The lowest BCUT2D eigenvalue weighted by Gasteiger charge is -2.32. The Hall–Kier alpha value is -3.93. The van der Waals surface area contributed by atoms with E-state index in [1.807, 2.05) is 36.4 Å². The average Bonchev–Trinajstić information content (AvgIpc) is 3.51. The average molecular weight is 436 g/mol. The quantitative estimate of drug-likeness (QED) is 0.345. The molecule has 6 rings (SSSR count). The van der Waals surface area contributed by atoms with Crippen molar-refractivity contribution in [3.8, 4) is 11.3 Å². The molecule has 2 atom stereocenters. The fourth-order valence-corrected chi connectivity index (χ4v) is 5.12. The zero-order valence-corrected chi connectivity index (χ0v) is 18.2. The van der Waals surface area contributed by atoms with Crippen LogP contribution in [0.3, 0.4) is 0 Å². The van der Waals surface area contributed by atoms with Crippen LogP contribution in [0.25, 0.3) is 33.1 Å². The number of nitrogens with one attached hydrogen (secondary N) is 3. The lowest BCUT2D eigenvalue weighted by molar-refractivity contribution is 0.0921. The SMILES string of the molecule is O=C(N[C@@H]1CCCC[C@H]1c1ccccc1)c1ccc2[nH]nc(-c3ccc4[nH]ncc4c3)c2c1. The van der Waals surface area contributed by atoms with Crippen LogP contribution in [0, 0.1) is 0 Å². The molecule has 5 aromatic rings. The van der Waals surface area contributed by atoms with Gasteiger partial charge in [0.25, 0.3) is 5.91 Å². The third kappa shape index (κ3) is 3.67. The van der Waals surface area contributed by atoms with Gasteiger partial charge in [-0.25, -0.2) is 0 Å². The number of rotatable bonds is 4. The highest BCUT2D eigenvalue weighted by atomic mass is 16.1. The summed E-state index contributed by atoms with van der Waals surface area (Å²) in [4.78, 5) is 13.3. The maximum Gasteiger partial charge on any atom is 0.251 e. The van der Waals surface area contributed by atoms with E-state index in [-0.39, 0.29) is 11.9 Å². The molecule has 0 bridgehead atoms. The molecule has 1 aliphatic rings. The van der Waals surface area contributed by atoms with Gasteiger partial charge in [0.1, 0.15) is 0 Å². The molecule has 6 heteroatoms. The minimum atomic E-state index is -0.0258. The number of aromatic amines is 2. The van der Waals surface area contributed by atoms with Gasteiger partial charge in [0, 0.05) is 33.9 Å². The van der Waals surface area contributed by atoms with Crippen LogP contribution in [0.5, 0.6) is 0 Å². The number of H-pyrrole nitrogens is 2. The van der Waals surface area contributed by atoms with Crippen LogP contribution in [0.15, 0.2) is 72.9 Å². The van der Waals surface area contributed by atoms with Crippen molar-refractivity contribution in [3.63, 3.8) is 0 Å². The number of fused-ring (bicyclic) bond motifs is 2. The van der Waals surface area contributed by atoms with Crippen molar-refractivity contribution in [2.45, 2.75) is 37.6 Å². The number of hydrogen-bond donors (Lipinski definition) is 3. The van der Waals surface area contributed by atoms with Gasteiger partial charge < -0.3 is 5.32 Å².